The van der Waals surface area contributed by atoms with Gasteiger partial charge in [0.2, 0.25) is 34.9 Å². The van der Waals surface area contributed by atoms with E-state index < -0.39 is 190 Å². The highest BCUT2D eigenvalue weighted by Crippen LogP contribution is 2.52. The molecule has 6 atom stereocenters. The van der Waals surface area contributed by atoms with Gasteiger partial charge in [0.25, 0.3) is 23.6 Å². The van der Waals surface area contributed by atoms with Crippen molar-refractivity contribution in [2.75, 3.05) is 26.4 Å². The van der Waals surface area contributed by atoms with Gasteiger partial charge in [-0.15, -0.1) is 0 Å². The van der Waals surface area contributed by atoms with Crippen molar-refractivity contribution in [3.63, 3.8) is 0 Å². The highest BCUT2D eigenvalue weighted by molar-refractivity contribution is 7.48. The smallest absolute Gasteiger partial charge is 0.448 e. The van der Waals surface area contributed by atoms with Gasteiger partial charge in [0.15, 0.2) is 23.8 Å². The second-order valence-electron chi connectivity index (χ2n) is 25.4. The Morgan fingerprint density at radius 3 is 1.17 bits per heavy atom. The van der Waals surface area contributed by atoms with E-state index in [4.69, 9.17) is 55.6 Å². The summed E-state index contributed by atoms with van der Waals surface area (Å²) in [5.74, 6) is -9.48. The quantitative estimate of drug-likeness (QED) is 0.0124. The van der Waals surface area contributed by atoms with Gasteiger partial charge in [0.05, 0.1) is 78.0 Å². The fourth-order valence-electron chi connectivity index (χ4n) is 12.1. The SMILES string of the molecule is C[C@H]1CO[C@@H]2Cn3cc(C(=O)NCc4ccc(F)cc4F)c(=O)c(OC(CCCOP(=O)(OCc4ccccc4)OCc4ccccc4)OC(=O)OC(CCCOP(=O)(OCc4ccccc4)OCc4ccccc4)Oc4c5n(cc(C(=O)NCc6ccc(F)cc6F)c4=O)C[C@H]4OC[C@H](C)N4C5=O)c3C(=O)N12. The van der Waals surface area contributed by atoms with E-state index in [-0.39, 0.29) is 76.7 Å². The average Bonchev–Trinajstić information content (AvgIpc) is 1.42. The number of amides is 4. The number of benzene rings is 6. The zero-order valence-electron chi connectivity index (χ0n) is 58.2. The number of carbonyl (C=O) groups is 5. The zero-order chi connectivity index (χ0) is 76.1. The van der Waals surface area contributed by atoms with Gasteiger partial charge in [-0.05, 0) is 61.1 Å². The topological polar surface area (TPSA) is 305 Å². The van der Waals surface area contributed by atoms with Gasteiger partial charge in [-0.1, -0.05) is 133 Å². The maximum Gasteiger partial charge on any atom is 0.514 e. The van der Waals surface area contributed by atoms with E-state index in [0.717, 1.165) is 36.7 Å². The molecule has 4 aliphatic rings. The monoisotopic (exact) mass is 1530 g/mol. The number of rotatable bonds is 34. The van der Waals surface area contributed by atoms with Crippen LogP contribution < -0.4 is 31.0 Å². The molecule has 6 heterocycles. The lowest BCUT2D eigenvalue weighted by atomic mass is 10.1. The number of hydrogen-bond acceptors (Lipinski definition) is 21. The van der Waals surface area contributed by atoms with Crippen molar-refractivity contribution in [2.45, 2.75) is 129 Å². The molecular weight excluding hydrogens is 1460 g/mol. The minimum absolute atomic E-state index is 0.0539. The number of pyridine rings is 2. The first-order valence-corrected chi connectivity index (χ1v) is 37.3. The summed E-state index contributed by atoms with van der Waals surface area (Å²) in [5, 5.41) is 4.87. The molecule has 108 heavy (non-hydrogen) atoms. The Hall–Kier alpha value is -10.2. The number of aromatic nitrogens is 2. The fraction of sp³-hybridized carbons (Fsp3) is 0.320. The Bertz CT molecular complexity index is 4410. The van der Waals surface area contributed by atoms with Crippen molar-refractivity contribution in [1.82, 2.24) is 29.6 Å². The molecule has 8 aromatic rings. The van der Waals surface area contributed by atoms with Gasteiger partial charge < -0.3 is 58.0 Å². The number of halogens is 4. The van der Waals surface area contributed by atoms with Crippen molar-refractivity contribution in [3.8, 4) is 11.5 Å². The standard InChI is InChI=1S/C75H74F4N6O21P2/c1-47-41-95-61-39-82-37-57(71(88)80-35-53-27-29-55(76)33-59(53)78)67(86)69(65(82)73(90)84(47)61)103-63(25-15-31-97-107(93,99-43-49-17-7-3-8-18-49)100-44-50-19-9-4-10-20-50)105-75(92)106-64(26-16-32-98-108(94,101-45-51-21-11-5-12-22-51)102-46-52-23-13-6-14-24-52)104-70-66-74(91)85-48(2)42-96-62(85)40-83(66)38-58(68(70)87)72(89)81-36-54-28-30-56(77)34-60(54)79/h3-14,17-24,27-30,33-34,37-38,47-48,61-64H,15-16,25-26,31-32,35-36,39-46H2,1-2H3,(H,80,88)(H,81,89)/t47-,48-,61+,62+,63?,64?/m0/s1. The molecule has 2 saturated heterocycles. The lowest BCUT2D eigenvalue weighted by Crippen LogP contribution is -2.49. The Labute approximate surface area is 615 Å². The molecule has 2 unspecified atom stereocenters. The normalized spacial score (nSPS) is 17.2. The van der Waals surface area contributed by atoms with Crippen LogP contribution in [0.15, 0.2) is 180 Å². The molecule has 2 N–H and O–H groups in total. The number of fused-ring (bicyclic) bond motifs is 4. The number of nitrogens with zero attached hydrogens (tertiary/aromatic N) is 4. The van der Waals surface area contributed by atoms with E-state index in [0.29, 0.717) is 34.4 Å². The van der Waals surface area contributed by atoms with E-state index in [1.54, 1.807) is 135 Å². The summed E-state index contributed by atoms with van der Waals surface area (Å²) in [6, 6.07) is 38.8. The minimum Gasteiger partial charge on any atom is -0.448 e. The summed E-state index contributed by atoms with van der Waals surface area (Å²) in [4.78, 5) is 106. The molecule has 4 aliphatic heterocycles. The summed E-state index contributed by atoms with van der Waals surface area (Å²) >= 11 is 0. The first kappa shape index (κ1) is 77.4. The molecule has 0 bridgehead atoms. The molecule has 0 aliphatic carbocycles. The Morgan fingerprint density at radius 1 is 0.491 bits per heavy atom. The molecule has 0 radical (unpaired) electrons. The molecule has 27 nitrogen and oxygen atoms in total. The third-order valence-electron chi connectivity index (χ3n) is 17.6. The van der Waals surface area contributed by atoms with Crippen molar-refractivity contribution >= 4 is 45.4 Å². The van der Waals surface area contributed by atoms with E-state index in [2.05, 4.69) is 10.6 Å². The highest BCUT2D eigenvalue weighted by atomic mass is 31.2. The predicted molar refractivity (Wildman–Crippen MR) is 374 cm³/mol. The van der Waals surface area contributed by atoms with Crippen molar-refractivity contribution in [2.24, 2.45) is 0 Å². The van der Waals surface area contributed by atoms with Crippen LogP contribution in [0.5, 0.6) is 11.5 Å². The summed E-state index contributed by atoms with van der Waals surface area (Å²) in [6.07, 6.45) is -7.45. The Kier molecular flexibility index (Phi) is 25.3. The second-order valence-corrected chi connectivity index (χ2v) is 28.7. The van der Waals surface area contributed by atoms with Crippen LogP contribution in [0.1, 0.15) is 115 Å². The number of ether oxygens (including phenoxy) is 6. The lowest BCUT2D eigenvalue weighted by Gasteiger charge is -2.35. The first-order valence-electron chi connectivity index (χ1n) is 34.4. The van der Waals surface area contributed by atoms with Crippen LogP contribution in [0.4, 0.5) is 22.4 Å². The second kappa shape index (κ2) is 35.2. The molecule has 0 saturated carbocycles. The van der Waals surface area contributed by atoms with Crippen LogP contribution in [-0.2, 0) is 108 Å². The molecule has 6 aromatic carbocycles. The molecule has 2 fully saturated rings. The van der Waals surface area contributed by atoms with Crippen LogP contribution in [0.2, 0.25) is 0 Å². The maximum atomic E-state index is 15.1. The third-order valence-corrected chi connectivity index (χ3v) is 20.4. The molecule has 33 heteroatoms. The highest BCUT2D eigenvalue weighted by Gasteiger charge is 2.46. The summed E-state index contributed by atoms with van der Waals surface area (Å²) < 4.78 is 161. The van der Waals surface area contributed by atoms with Crippen molar-refractivity contribution in [1.29, 1.82) is 0 Å². The van der Waals surface area contributed by atoms with E-state index >= 15 is 14.4 Å². The van der Waals surface area contributed by atoms with Crippen LogP contribution in [0.25, 0.3) is 0 Å². The van der Waals surface area contributed by atoms with Gasteiger partial charge in [-0.25, -0.2) is 31.5 Å². The zero-order valence-corrected chi connectivity index (χ0v) is 60.0. The average molecular weight is 1530 g/mol. The van der Waals surface area contributed by atoms with Gasteiger partial charge in [-0.2, -0.15) is 0 Å². The number of carbonyl (C=O) groups excluding carboxylic acids is 5. The van der Waals surface area contributed by atoms with E-state index in [9.17, 15) is 45.9 Å². The predicted octanol–water partition coefficient (Wildman–Crippen LogP) is 11.8. The number of nitrogens with one attached hydrogen (secondary N) is 2. The van der Waals surface area contributed by atoms with E-state index in [1.807, 2.05) is 0 Å². The maximum absolute atomic E-state index is 15.1. The van der Waals surface area contributed by atoms with Gasteiger partial charge >= 0.3 is 21.8 Å². The van der Waals surface area contributed by atoms with Gasteiger partial charge in [0.1, 0.15) is 34.4 Å². The third kappa shape index (κ3) is 19.2. The van der Waals surface area contributed by atoms with Crippen molar-refractivity contribution < 1.29 is 106 Å². The minimum atomic E-state index is -4.53. The fourth-order valence-corrected chi connectivity index (χ4v) is 14.5. The number of phosphoric ester groups is 2. The first-order chi connectivity index (χ1) is 52.1. The Morgan fingerprint density at radius 2 is 0.833 bits per heavy atom. The lowest BCUT2D eigenvalue weighted by molar-refractivity contribution is -0.115. The summed E-state index contributed by atoms with van der Waals surface area (Å²) in [7, 11) is -9.05. The molecule has 568 valence electrons. The molecular formula is C75H74F4N6O21P2. The van der Waals surface area contributed by atoms with Crippen LogP contribution in [0, 0.1) is 23.3 Å². The summed E-state index contributed by atoms with van der Waals surface area (Å²) in [6.45, 7) is -0.0822. The molecule has 2 aromatic heterocycles. The molecule has 4 amide bonds. The molecule has 0 spiro atoms. The van der Waals surface area contributed by atoms with Crippen LogP contribution >= 0.6 is 15.6 Å². The Balaban J connectivity index is 0.890. The van der Waals surface area contributed by atoms with Crippen LogP contribution in [-0.4, -0.2) is 112 Å². The number of phosphoric acid groups is 2. The summed E-state index contributed by atoms with van der Waals surface area (Å²) in [5.41, 5.74) is -2.74. The van der Waals surface area contributed by atoms with E-state index in [1.165, 1.54) is 18.9 Å². The van der Waals surface area contributed by atoms with Crippen molar-refractivity contribution in [3.05, 3.63) is 270 Å². The largest absolute Gasteiger partial charge is 0.514 e. The number of hydrogen-bond donors (Lipinski definition) is 2. The van der Waals surface area contributed by atoms with Gasteiger partial charge in [0, 0.05) is 61.6 Å². The van der Waals surface area contributed by atoms with Gasteiger partial charge in [-0.3, -0.25) is 55.9 Å². The van der Waals surface area contributed by atoms with Crippen LogP contribution in [0.3, 0.4) is 0 Å². The molecule has 12 rings (SSSR count).